The van der Waals surface area contributed by atoms with Gasteiger partial charge in [0.2, 0.25) is 18.6 Å². The van der Waals surface area contributed by atoms with Crippen LogP contribution in [0.2, 0.25) is 0 Å². The highest BCUT2D eigenvalue weighted by Gasteiger charge is 2.36. The van der Waals surface area contributed by atoms with Gasteiger partial charge in [0.15, 0.2) is 11.5 Å². The third kappa shape index (κ3) is 3.03. The predicted octanol–water partition coefficient (Wildman–Crippen LogP) is 1.14. The zero-order chi connectivity index (χ0) is 16.5. The maximum absolute atomic E-state index is 12.3. The van der Waals surface area contributed by atoms with Crippen LogP contribution in [0.15, 0.2) is 18.2 Å². The lowest BCUT2D eigenvalue weighted by Crippen LogP contribution is -2.65. The van der Waals surface area contributed by atoms with Crippen LogP contribution in [0.4, 0.5) is 5.69 Å². The minimum Gasteiger partial charge on any atom is -0.454 e. The summed E-state index contributed by atoms with van der Waals surface area (Å²) in [4.78, 5) is 24.5. The Labute approximate surface area is 140 Å². The van der Waals surface area contributed by atoms with Crippen molar-refractivity contribution in [1.82, 2.24) is 10.6 Å². The number of hydrogen-bond acceptors (Lipinski definition) is 5. The molecule has 0 unspecified atom stereocenters. The molecule has 2 amide bonds. The number of carbonyl (C=O) groups is 2. The molecule has 2 fully saturated rings. The van der Waals surface area contributed by atoms with Crippen molar-refractivity contribution >= 4 is 17.5 Å². The molecule has 128 valence electrons. The van der Waals surface area contributed by atoms with Crippen LogP contribution < -0.4 is 25.4 Å². The van der Waals surface area contributed by atoms with Gasteiger partial charge in [0.05, 0.1) is 12.5 Å². The second-order valence-electron chi connectivity index (χ2n) is 6.55. The van der Waals surface area contributed by atoms with Gasteiger partial charge in [0.1, 0.15) is 0 Å². The highest BCUT2D eigenvalue weighted by molar-refractivity contribution is 5.96. The Morgan fingerprint density at radius 1 is 1.17 bits per heavy atom. The van der Waals surface area contributed by atoms with Crippen LogP contribution in [-0.4, -0.2) is 36.7 Å². The van der Waals surface area contributed by atoms with Crippen molar-refractivity contribution in [2.75, 3.05) is 12.1 Å². The Hall–Kier alpha value is -2.28. The van der Waals surface area contributed by atoms with E-state index in [4.69, 9.17) is 9.47 Å². The highest BCUT2D eigenvalue weighted by Crippen LogP contribution is 2.34. The fourth-order valence-electron chi connectivity index (χ4n) is 3.64. The molecule has 24 heavy (non-hydrogen) atoms. The predicted molar refractivity (Wildman–Crippen MR) is 86.9 cm³/mol. The largest absolute Gasteiger partial charge is 0.454 e. The molecule has 1 aromatic rings. The van der Waals surface area contributed by atoms with Crippen molar-refractivity contribution in [2.24, 2.45) is 0 Å². The summed E-state index contributed by atoms with van der Waals surface area (Å²) in [5, 5.41) is 9.22. The van der Waals surface area contributed by atoms with Crippen LogP contribution >= 0.6 is 0 Å². The zero-order valence-corrected chi connectivity index (χ0v) is 13.3. The summed E-state index contributed by atoms with van der Waals surface area (Å²) in [6.07, 6.45) is 4.49. The number of anilines is 1. The molecule has 7 heteroatoms. The van der Waals surface area contributed by atoms with E-state index in [0.29, 0.717) is 17.2 Å². The molecule has 1 saturated heterocycles. The molecule has 3 N–H and O–H groups in total. The Kier molecular flexibility index (Phi) is 4.02. The Balaban J connectivity index is 1.36. The van der Waals surface area contributed by atoms with Crippen LogP contribution in [0.3, 0.4) is 0 Å². The van der Waals surface area contributed by atoms with E-state index < -0.39 is 6.04 Å². The first kappa shape index (κ1) is 15.3. The van der Waals surface area contributed by atoms with Gasteiger partial charge in [-0.3, -0.25) is 9.59 Å². The summed E-state index contributed by atoms with van der Waals surface area (Å²) >= 11 is 0. The maximum atomic E-state index is 12.3. The fraction of sp³-hybridized carbons (Fsp3) is 0.529. The minimum absolute atomic E-state index is 0.0843. The van der Waals surface area contributed by atoms with Gasteiger partial charge in [0, 0.05) is 23.8 Å². The van der Waals surface area contributed by atoms with Crippen molar-refractivity contribution in [1.29, 1.82) is 0 Å². The van der Waals surface area contributed by atoms with Crippen molar-refractivity contribution < 1.29 is 19.1 Å². The summed E-state index contributed by atoms with van der Waals surface area (Å²) in [7, 11) is 0. The number of piperazine rings is 1. The Bertz CT molecular complexity index is 663. The molecule has 2 heterocycles. The first-order chi connectivity index (χ1) is 11.7. The first-order valence-electron chi connectivity index (χ1n) is 8.45. The summed E-state index contributed by atoms with van der Waals surface area (Å²) in [6, 6.07) is 5.26. The molecule has 7 nitrogen and oxygen atoms in total. The van der Waals surface area contributed by atoms with Gasteiger partial charge in [0.25, 0.3) is 0 Å². The molecule has 3 atom stereocenters. The molecule has 0 radical (unpaired) electrons. The third-order valence-corrected chi connectivity index (χ3v) is 4.87. The van der Waals surface area contributed by atoms with Crippen LogP contribution in [0.25, 0.3) is 0 Å². The smallest absolute Gasteiger partial charge is 0.237 e. The van der Waals surface area contributed by atoms with E-state index in [1.807, 2.05) is 0 Å². The molecule has 0 spiro atoms. The molecule has 3 aliphatic rings. The molecule has 0 aromatic heterocycles. The van der Waals surface area contributed by atoms with Gasteiger partial charge in [-0.1, -0.05) is 12.8 Å². The zero-order valence-electron chi connectivity index (χ0n) is 13.3. The van der Waals surface area contributed by atoms with Gasteiger partial charge >= 0.3 is 0 Å². The summed E-state index contributed by atoms with van der Waals surface area (Å²) in [5.41, 5.74) is 0.635. The second kappa shape index (κ2) is 6.32. The molecule has 0 bridgehead atoms. The number of ether oxygens (including phenoxy) is 2. The number of nitrogens with one attached hydrogen (secondary N) is 3. The topological polar surface area (TPSA) is 88.7 Å². The number of fused-ring (bicyclic) bond motifs is 2. The molecule has 1 aliphatic carbocycles. The molecular formula is C17H21N3O4. The van der Waals surface area contributed by atoms with E-state index >= 15 is 0 Å². The van der Waals surface area contributed by atoms with E-state index in [1.165, 1.54) is 6.42 Å². The van der Waals surface area contributed by atoms with Gasteiger partial charge in [-0.15, -0.1) is 0 Å². The van der Waals surface area contributed by atoms with E-state index in [9.17, 15) is 9.59 Å². The van der Waals surface area contributed by atoms with Gasteiger partial charge < -0.3 is 25.4 Å². The first-order valence-corrected chi connectivity index (χ1v) is 8.45. The fourth-order valence-corrected chi connectivity index (χ4v) is 3.64. The van der Waals surface area contributed by atoms with Crippen LogP contribution in [0.5, 0.6) is 11.5 Å². The van der Waals surface area contributed by atoms with Crippen LogP contribution in [0.1, 0.15) is 32.1 Å². The molecule has 1 aromatic carbocycles. The minimum atomic E-state index is -0.474. The van der Waals surface area contributed by atoms with Gasteiger partial charge in [-0.05, 0) is 25.0 Å². The number of carbonyl (C=O) groups excluding carboxylic acids is 2. The van der Waals surface area contributed by atoms with E-state index in [0.717, 1.165) is 19.3 Å². The van der Waals surface area contributed by atoms with Crippen LogP contribution in [-0.2, 0) is 9.59 Å². The standard InChI is InChI=1S/C17H21N3O4/c21-16(18-10-5-6-14-15(7-10)24-9-23-14)8-13-17(22)20-12-4-2-1-3-11(12)19-13/h5-7,11-13,19H,1-4,8-9H2,(H,18,21)(H,20,22)/t11-,12+,13-/m1/s1. The molecule has 2 aliphatic heterocycles. The average molecular weight is 331 g/mol. The van der Waals surface area contributed by atoms with E-state index in [1.54, 1.807) is 18.2 Å². The number of hydrogen-bond donors (Lipinski definition) is 3. The van der Waals surface area contributed by atoms with Crippen molar-refractivity contribution in [3.63, 3.8) is 0 Å². The lowest BCUT2D eigenvalue weighted by molar-refractivity contribution is -0.129. The lowest BCUT2D eigenvalue weighted by Gasteiger charge is -2.40. The normalized spacial score (nSPS) is 28.0. The second-order valence-corrected chi connectivity index (χ2v) is 6.55. The third-order valence-electron chi connectivity index (χ3n) is 4.87. The molecule has 4 rings (SSSR count). The molecular weight excluding hydrogens is 310 g/mol. The van der Waals surface area contributed by atoms with Gasteiger partial charge in [-0.2, -0.15) is 0 Å². The average Bonchev–Trinajstić information content (AvgIpc) is 3.03. The summed E-state index contributed by atoms with van der Waals surface area (Å²) in [6.45, 7) is 0.196. The van der Waals surface area contributed by atoms with Crippen LogP contribution in [0, 0.1) is 0 Å². The summed E-state index contributed by atoms with van der Waals surface area (Å²) in [5.74, 6) is 1.01. The maximum Gasteiger partial charge on any atom is 0.237 e. The lowest BCUT2D eigenvalue weighted by atomic mass is 9.87. The Morgan fingerprint density at radius 2 is 1.96 bits per heavy atom. The number of rotatable bonds is 3. The SMILES string of the molecule is O=C(C[C@H]1N[C@@H]2CCCC[C@@H]2NC1=O)Nc1ccc2c(c1)OCO2. The highest BCUT2D eigenvalue weighted by atomic mass is 16.7. The number of amides is 2. The van der Waals surface area contributed by atoms with E-state index in [2.05, 4.69) is 16.0 Å². The van der Waals surface area contributed by atoms with Crippen molar-refractivity contribution in [2.45, 2.75) is 50.2 Å². The van der Waals surface area contributed by atoms with Crippen molar-refractivity contribution in [3.05, 3.63) is 18.2 Å². The number of benzene rings is 1. The quantitative estimate of drug-likeness (QED) is 0.773. The Morgan fingerprint density at radius 3 is 2.83 bits per heavy atom. The van der Waals surface area contributed by atoms with Crippen molar-refractivity contribution in [3.8, 4) is 11.5 Å². The molecule has 1 saturated carbocycles. The monoisotopic (exact) mass is 331 g/mol. The van der Waals surface area contributed by atoms with Gasteiger partial charge in [-0.25, -0.2) is 0 Å². The summed E-state index contributed by atoms with van der Waals surface area (Å²) < 4.78 is 10.5. The van der Waals surface area contributed by atoms with E-state index in [-0.39, 0.29) is 37.1 Å².